The lowest BCUT2D eigenvalue weighted by molar-refractivity contribution is -0.137. The van der Waals surface area contributed by atoms with Crippen LogP contribution in [0.5, 0.6) is 11.5 Å². The Morgan fingerprint density at radius 2 is 1.88 bits per heavy atom. The summed E-state index contributed by atoms with van der Waals surface area (Å²) in [6.45, 7) is 1.18. The number of methoxy groups -OCH3 is 1. The number of ketones is 1. The van der Waals surface area contributed by atoms with Crippen molar-refractivity contribution >= 4 is 29.0 Å². The van der Waals surface area contributed by atoms with Crippen LogP contribution in [0.1, 0.15) is 22.8 Å². The molecule has 0 bridgehead atoms. The number of aliphatic hydroxyl groups is 1. The van der Waals surface area contributed by atoms with Gasteiger partial charge >= 0.3 is 6.18 Å². The molecule has 11 heteroatoms. The molecule has 2 N–H and O–H groups in total. The lowest BCUT2D eigenvalue weighted by atomic mass is 10.1. The molecule has 0 saturated heterocycles. The average molecular weight is 489 g/mol. The number of hydrogen-bond acceptors (Lipinski definition) is 6. The summed E-state index contributed by atoms with van der Waals surface area (Å²) in [7, 11) is 2.99. The molecule has 0 spiro atoms. The molecule has 0 aliphatic carbocycles. The van der Waals surface area contributed by atoms with Crippen LogP contribution in [0.2, 0.25) is 5.02 Å². The lowest BCUT2D eigenvalue weighted by Gasteiger charge is -2.21. The maximum Gasteiger partial charge on any atom is 0.417 e. The standard InChI is InChI=1S/C22H24ClF3N2O5/c1-13(29)14-4-7-19(20(8-14)32-3)33-12-16(30)10-28(2)11-21(31)27-15-5-6-18(23)17(9-15)22(24,25)26/h4-9,16,30H,10-12H2,1-3H3,(H,27,31). The van der Waals surface area contributed by atoms with Crippen molar-refractivity contribution in [2.45, 2.75) is 19.2 Å². The van der Waals surface area contributed by atoms with Crippen molar-refractivity contribution in [1.82, 2.24) is 4.90 Å². The second kappa shape index (κ2) is 11.4. The number of alkyl halides is 3. The number of Topliss-reactive ketones (excluding diaryl/α,β-unsaturated/α-hetero) is 1. The highest BCUT2D eigenvalue weighted by molar-refractivity contribution is 6.31. The van der Waals surface area contributed by atoms with Gasteiger partial charge in [-0.15, -0.1) is 0 Å². The molecule has 0 aromatic heterocycles. The number of benzene rings is 2. The van der Waals surface area contributed by atoms with Crippen LogP contribution in [0, 0.1) is 0 Å². The fourth-order valence-electron chi connectivity index (χ4n) is 2.93. The van der Waals surface area contributed by atoms with Gasteiger partial charge in [-0.3, -0.25) is 14.5 Å². The summed E-state index contributed by atoms with van der Waals surface area (Å²) in [6, 6.07) is 7.74. The molecule has 1 atom stereocenters. The summed E-state index contributed by atoms with van der Waals surface area (Å²) in [5.74, 6) is -0.0236. The van der Waals surface area contributed by atoms with Crippen molar-refractivity contribution in [3.63, 3.8) is 0 Å². The number of rotatable bonds is 10. The highest BCUT2D eigenvalue weighted by Crippen LogP contribution is 2.36. The Morgan fingerprint density at radius 3 is 2.48 bits per heavy atom. The number of halogens is 4. The Hall–Kier alpha value is -2.82. The van der Waals surface area contributed by atoms with Crippen LogP contribution in [-0.4, -0.2) is 61.7 Å². The molecule has 0 radical (unpaired) electrons. The third-order valence-electron chi connectivity index (χ3n) is 4.49. The number of carbonyl (C=O) groups excluding carboxylic acids is 2. The van der Waals surface area contributed by atoms with Crippen LogP contribution in [-0.2, 0) is 11.0 Å². The highest BCUT2D eigenvalue weighted by Gasteiger charge is 2.33. The van der Waals surface area contributed by atoms with Crippen molar-refractivity contribution < 1.29 is 37.3 Å². The minimum atomic E-state index is -4.65. The summed E-state index contributed by atoms with van der Waals surface area (Å²) in [5, 5.41) is 12.1. The summed E-state index contributed by atoms with van der Waals surface area (Å²) in [5.41, 5.74) is -0.640. The van der Waals surface area contributed by atoms with Gasteiger partial charge in [0.1, 0.15) is 12.7 Å². The number of nitrogens with zero attached hydrogens (tertiary/aromatic N) is 1. The summed E-state index contributed by atoms with van der Waals surface area (Å²) < 4.78 is 49.6. The van der Waals surface area contributed by atoms with E-state index in [1.165, 1.54) is 31.1 Å². The molecule has 1 unspecified atom stereocenters. The van der Waals surface area contributed by atoms with E-state index in [0.717, 1.165) is 12.1 Å². The quantitative estimate of drug-likeness (QED) is 0.493. The SMILES string of the molecule is COc1cc(C(C)=O)ccc1OCC(O)CN(C)CC(=O)Nc1ccc(Cl)c(C(F)(F)F)c1. The number of hydrogen-bond donors (Lipinski definition) is 2. The maximum atomic E-state index is 12.9. The number of likely N-dealkylation sites (N-methyl/N-ethyl adjacent to an activating group) is 1. The molecule has 0 aliphatic rings. The minimum Gasteiger partial charge on any atom is -0.493 e. The van der Waals surface area contributed by atoms with E-state index in [9.17, 15) is 27.9 Å². The summed E-state index contributed by atoms with van der Waals surface area (Å²) in [6.07, 6.45) is -5.62. The van der Waals surface area contributed by atoms with Gasteiger partial charge in [0.15, 0.2) is 17.3 Å². The van der Waals surface area contributed by atoms with Crippen LogP contribution in [0.15, 0.2) is 36.4 Å². The first-order valence-corrected chi connectivity index (χ1v) is 10.1. The molecule has 0 fully saturated rings. The van der Waals surface area contributed by atoms with Gasteiger partial charge in [-0.2, -0.15) is 13.2 Å². The second-order valence-corrected chi connectivity index (χ2v) is 7.73. The van der Waals surface area contributed by atoms with Crippen molar-refractivity contribution in [3.05, 3.63) is 52.5 Å². The molecule has 2 aromatic carbocycles. The van der Waals surface area contributed by atoms with Crippen LogP contribution < -0.4 is 14.8 Å². The lowest BCUT2D eigenvalue weighted by Crippen LogP contribution is -2.37. The zero-order valence-electron chi connectivity index (χ0n) is 18.2. The van der Waals surface area contributed by atoms with Gasteiger partial charge in [-0.1, -0.05) is 11.6 Å². The molecule has 33 heavy (non-hydrogen) atoms. The van der Waals surface area contributed by atoms with Crippen LogP contribution >= 0.6 is 11.6 Å². The Bertz CT molecular complexity index is 1000. The normalized spacial score (nSPS) is 12.4. The van der Waals surface area contributed by atoms with Gasteiger partial charge in [0.25, 0.3) is 0 Å². The van der Waals surface area contributed by atoms with Crippen LogP contribution in [0.3, 0.4) is 0 Å². The largest absolute Gasteiger partial charge is 0.493 e. The molecule has 0 heterocycles. The number of ether oxygens (including phenoxy) is 2. The molecule has 2 aromatic rings. The van der Waals surface area contributed by atoms with E-state index in [1.54, 1.807) is 19.2 Å². The molecular weight excluding hydrogens is 465 g/mol. The Morgan fingerprint density at radius 1 is 1.18 bits per heavy atom. The average Bonchev–Trinajstić information content (AvgIpc) is 2.72. The summed E-state index contributed by atoms with van der Waals surface area (Å²) in [4.78, 5) is 25.1. The Balaban J connectivity index is 1.87. The van der Waals surface area contributed by atoms with Crippen molar-refractivity contribution in [2.75, 3.05) is 39.2 Å². The van der Waals surface area contributed by atoms with E-state index < -0.39 is 28.8 Å². The van der Waals surface area contributed by atoms with E-state index in [2.05, 4.69) is 5.32 Å². The molecule has 7 nitrogen and oxygen atoms in total. The summed E-state index contributed by atoms with van der Waals surface area (Å²) >= 11 is 5.57. The van der Waals surface area contributed by atoms with Gasteiger partial charge in [0.2, 0.25) is 5.91 Å². The Kier molecular flexibility index (Phi) is 9.09. The zero-order valence-corrected chi connectivity index (χ0v) is 19.0. The molecule has 180 valence electrons. The van der Waals surface area contributed by atoms with E-state index in [-0.39, 0.29) is 31.2 Å². The zero-order chi connectivity index (χ0) is 24.8. The van der Waals surface area contributed by atoms with Gasteiger partial charge in [-0.25, -0.2) is 0 Å². The first-order chi connectivity index (χ1) is 15.4. The first kappa shape index (κ1) is 26.4. The van der Waals surface area contributed by atoms with E-state index in [1.807, 2.05) is 0 Å². The van der Waals surface area contributed by atoms with Gasteiger partial charge < -0.3 is 19.9 Å². The van der Waals surface area contributed by atoms with Crippen molar-refractivity contribution in [2.24, 2.45) is 0 Å². The van der Waals surface area contributed by atoms with Crippen LogP contribution in [0.25, 0.3) is 0 Å². The fraction of sp³-hybridized carbons (Fsp3) is 0.364. The van der Waals surface area contributed by atoms with E-state index >= 15 is 0 Å². The Labute approximate surface area is 194 Å². The number of anilines is 1. The van der Waals surface area contributed by atoms with Gasteiger partial charge in [0.05, 0.1) is 24.2 Å². The number of nitrogens with one attached hydrogen (secondary N) is 1. The first-order valence-electron chi connectivity index (χ1n) is 9.75. The number of carbonyl (C=O) groups is 2. The number of aliphatic hydroxyl groups excluding tert-OH is 1. The predicted octanol–water partition coefficient (Wildman–Crippen LogP) is 3.88. The second-order valence-electron chi connectivity index (χ2n) is 7.32. The van der Waals surface area contributed by atoms with E-state index in [0.29, 0.717) is 17.1 Å². The highest BCUT2D eigenvalue weighted by atomic mass is 35.5. The van der Waals surface area contributed by atoms with Gasteiger partial charge in [-0.05, 0) is 50.4 Å². The van der Waals surface area contributed by atoms with Crippen molar-refractivity contribution in [3.8, 4) is 11.5 Å². The van der Waals surface area contributed by atoms with Crippen LogP contribution in [0.4, 0.5) is 18.9 Å². The predicted molar refractivity (Wildman–Crippen MR) is 117 cm³/mol. The molecule has 0 saturated carbocycles. The number of amides is 1. The van der Waals surface area contributed by atoms with Gasteiger partial charge in [0, 0.05) is 17.8 Å². The molecule has 1 amide bonds. The third-order valence-corrected chi connectivity index (χ3v) is 4.82. The molecular formula is C22H24ClF3N2O5. The topological polar surface area (TPSA) is 88.1 Å². The monoisotopic (exact) mass is 488 g/mol. The minimum absolute atomic E-state index is 0.0462. The smallest absolute Gasteiger partial charge is 0.417 e. The maximum absolute atomic E-state index is 12.9. The van der Waals surface area contributed by atoms with E-state index in [4.69, 9.17) is 21.1 Å². The van der Waals surface area contributed by atoms with Crippen molar-refractivity contribution in [1.29, 1.82) is 0 Å². The molecule has 2 rings (SSSR count). The molecule has 0 aliphatic heterocycles. The third kappa shape index (κ3) is 7.92. The fourth-order valence-corrected chi connectivity index (χ4v) is 3.16.